The number of hydrogen-bond acceptors (Lipinski definition) is 3. The lowest BCUT2D eigenvalue weighted by molar-refractivity contribution is 0.0334. The third-order valence-corrected chi connectivity index (χ3v) is 4.31. The first-order valence-corrected chi connectivity index (χ1v) is 7.31. The van der Waals surface area contributed by atoms with Crippen molar-refractivity contribution in [2.45, 2.75) is 45.8 Å². The second kappa shape index (κ2) is 7.26. The lowest BCUT2D eigenvalue weighted by atomic mass is 10.0. The number of ether oxygens (including phenoxy) is 1. The van der Waals surface area contributed by atoms with Crippen LogP contribution in [0.1, 0.15) is 31.7 Å². The summed E-state index contributed by atoms with van der Waals surface area (Å²) >= 11 is 3.62. The van der Waals surface area contributed by atoms with E-state index in [0.29, 0.717) is 6.04 Å². The maximum absolute atomic E-state index is 5.80. The number of nitrogens with zero attached hydrogens (tertiary/aromatic N) is 2. The molecule has 0 aliphatic heterocycles. The van der Waals surface area contributed by atoms with Gasteiger partial charge in [0.15, 0.2) is 0 Å². The van der Waals surface area contributed by atoms with E-state index < -0.39 is 0 Å². The SMILES string of the molecule is CCOC(CC)C(Cc1c(Br)c(C)nn1C)NC. The average Bonchev–Trinajstić information content (AvgIpc) is 2.59. The molecule has 1 aromatic rings. The molecule has 1 rings (SSSR count). The smallest absolute Gasteiger partial charge is 0.0738 e. The fourth-order valence-corrected chi connectivity index (χ4v) is 2.76. The molecular weight excluding hydrogens is 294 g/mol. The van der Waals surface area contributed by atoms with Crippen molar-refractivity contribution in [2.24, 2.45) is 7.05 Å². The van der Waals surface area contributed by atoms with E-state index in [9.17, 15) is 0 Å². The molecule has 4 nitrogen and oxygen atoms in total. The molecular formula is C13H24BrN3O. The lowest BCUT2D eigenvalue weighted by Crippen LogP contribution is -2.41. The van der Waals surface area contributed by atoms with E-state index in [1.807, 2.05) is 32.6 Å². The number of halogens is 1. The van der Waals surface area contributed by atoms with Gasteiger partial charge in [0.1, 0.15) is 0 Å². The van der Waals surface area contributed by atoms with Crippen molar-refractivity contribution in [1.29, 1.82) is 0 Å². The van der Waals surface area contributed by atoms with Crippen LogP contribution in [-0.2, 0) is 18.2 Å². The Morgan fingerprint density at radius 3 is 2.50 bits per heavy atom. The van der Waals surface area contributed by atoms with Crippen LogP contribution in [0.4, 0.5) is 0 Å². The Kier molecular flexibility index (Phi) is 6.32. The molecule has 1 heterocycles. The van der Waals surface area contributed by atoms with Crippen molar-refractivity contribution in [3.8, 4) is 0 Å². The summed E-state index contributed by atoms with van der Waals surface area (Å²) in [4.78, 5) is 0. The average molecular weight is 318 g/mol. The van der Waals surface area contributed by atoms with Gasteiger partial charge in [-0.15, -0.1) is 0 Å². The van der Waals surface area contributed by atoms with Crippen LogP contribution in [0.25, 0.3) is 0 Å². The molecule has 0 bridgehead atoms. The predicted molar refractivity (Wildman–Crippen MR) is 77.9 cm³/mol. The fourth-order valence-electron chi connectivity index (χ4n) is 2.26. The Morgan fingerprint density at radius 2 is 2.11 bits per heavy atom. The molecule has 2 atom stereocenters. The molecule has 2 unspecified atom stereocenters. The third-order valence-electron chi connectivity index (χ3n) is 3.28. The van der Waals surface area contributed by atoms with Gasteiger partial charge in [0.25, 0.3) is 0 Å². The monoisotopic (exact) mass is 317 g/mol. The molecule has 0 aliphatic rings. The number of hydrogen-bond donors (Lipinski definition) is 1. The van der Waals surface area contributed by atoms with E-state index in [1.165, 1.54) is 5.69 Å². The Morgan fingerprint density at radius 1 is 1.44 bits per heavy atom. The summed E-state index contributed by atoms with van der Waals surface area (Å²) in [7, 11) is 3.98. The van der Waals surface area contributed by atoms with Crippen molar-refractivity contribution < 1.29 is 4.74 Å². The van der Waals surface area contributed by atoms with Gasteiger partial charge in [-0.1, -0.05) is 6.92 Å². The first-order valence-electron chi connectivity index (χ1n) is 6.51. The van der Waals surface area contributed by atoms with Gasteiger partial charge < -0.3 is 10.1 Å². The van der Waals surface area contributed by atoms with Crippen LogP contribution >= 0.6 is 15.9 Å². The van der Waals surface area contributed by atoms with Crippen molar-refractivity contribution >= 4 is 15.9 Å². The summed E-state index contributed by atoms with van der Waals surface area (Å²) in [5.41, 5.74) is 2.25. The van der Waals surface area contributed by atoms with Crippen LogP contribution in [0.2, 0.25) is 0 Å². The summed E-state index contributed by atoms with van der Waals surface area (Å²) in [6.45, 7) is 6.97. The molecule has 0 radical (unpaired) electrons. The Hall–Kier alpha value is -0.390. The van der Waals surface area contributed by atoms with Gasteiger partial charge in [0.05, 0.1) is 22.0 Å². The van der Waals surface area contributed by atoms with Gasteiger partial charge in [-0.2, -0.15) is 5.10 Å². The van der Waals surface area contributed by atoms with Crippen molar-refractivity contribution in [3.05, 3.63) is 15.9 Å². The van der Waals surface area contributed by atoms with Gasteiger partial charge in [0, 0.05) is 26.1 Å². The highest BCUT2D eigenvalue weighted by Crippen LogP contribution is 2.22. The second-order valence-electron chi connectivity index (χ2n) is 4.47. The largest absolute Gasteiger partial charge is 0.377 e. The Labute approximate surface area is 118 Å². The molecule has 104 valence electrons. The van der Waals surface area contributed by atoms with Gasteiger partial charge in [-0.3, -0.25) is 4.68 Å². The summed E-state index contributed by atoms with van der Waals surface area (Å²) in [6.07, 6.45) is 2.16. The zero-order valence-electron chi connectivity index (χ0n) is 12.0. The maximum Gasteiger partial charge on any atom is 0.0738 e. The number of aromatic nitrogens is 2. The van der Waals surface area contributed by atoms with E-state index in [0.717, 1.165) is 29.6 Å². The quantitative estimate of drug-likeness (QED) is 0.839. The van der Waals surface area contributed by atoms with Gasteiger partial charge in [-0.05, 0) is 43.2 Å². The highest BCUT2D eigenvalue weighted by Gasteiger charge is 2.22. The molecule has 18 heavy (non-hydrogen) atoms. The second-order valence-corrected chi connectivity index (χ2v) is 5.26. The zero-order chi connectivity index (χ0) is 13.7. The van der Waals surface area contributed by atoms with E-state index in [1.54, 1.807) is 0 Å². The molecule has 0 aliphatic carbocycles. The molecule has 0 saturated carbocycles. The van der Waals surface area contributed by atoms with Gasteiger partial charge in [-0.25, -0.2) is 0 Å². The van der Waals surface area contributed by atoms with Crippen molar-refractivity contribution in [3.63, 3.8) is 0 Å². The van der Waals surface area contributed by atoms with E-state index in [-0.39, 0.29) is 6.10 Å². The number of nitrogens with one attached hydrogen (secondary N) is 1. The molecule has 0 spiro atoms. The minimum Gasteiger partial charge on any atom is -0.377 e. The van der Waals surface area contributed by atoms with Crippen LogP contribution in [0.5, 0.6) is 0 Å². The van der Waals surface area contributed by atoms with E-state index >= 15 is 0 Å². The minimum atomic E-state index is 0.238. The Bertz CT molecular complexity index is 379. The predicted octanol–water partition coefficient (Wildman–Crippen LogP) is 2.44. The number of likely N-dealkylation sites (N-methyl/N-ethyl adjacent to an activating group) is 1. The summed E-state index contributed by atoms with van der Waals surface area (Å²) in [5, 5.41) is 7.79. The molecule has 0 amide bonds. The molecule has 0 fully saturated rings. The van der Waals surface area contributed by atoms with E-state index in [2.05, 4.69) is 33.3 Å². The fraction of sp³-hybridized carbons (Fsp3) is 0.769. The molecule has 0 saturated heterocycles. The van der Waals surface area contributed by atoms with E-state index in [4.69, 9.17) is 4.74 Å². The zero-order valence-corrected chi connectivity index (χ0v) is 13.5. The summed E-state index contributed by atoms with van der Waals surface area (Å²) in [6, 6.07) is 0.307. The number of rotatable bonds is 7. The summed E-state index contributed by atoms with van der Waals surface area (Å²) < 4.78 is 8.85. The standard InChI is InChI=1S/C13H24BrN3O/c1-6-12(18-7-2)10(15-4)8-11-13(14)9(3)16-17(11)5/h10,12,15H,6-8H2,1-5H3. The highest BCUT2D eigenvalue weighted by atomic mass is 79.9. The van der Waals surface area contributed by atoms with Crippen molar-refractivity contribution in [2.75, 3.05) is 13.7 Å². The minimum absolute atomic E-state index is 0.238. The van der Waals surface area contributed by atoms with Crippen LogP contribution in [0.3, 0.4) is 0 Å². The first kappa shape index (κ1) is 15.7. The first-order chi connectivity index (χ1) is 8.54. The molecule has 1 aromatic heterocycles. The maximum atomic E-state index is 5.80. The Balaban J connectivity index is 2.84. The van der Waals surface area contributed by atoms with Gasteiger partial charge >= 0.3 is 0 Å². The van der Waals surface area contributed by atoms with Crippen LogP contribution in [0.15, 0.2) is 4.47 Å². The van der Waals surface area contributed by atoms with Gasteiger partial charge in [0.2, 0.25) is 0 Å². The van der Waals surface area contributed by atoms with Crippen LogP contribution < -0.4 is 5.32 Å². The topological polar surface area (TPSA) is 39.1 Å². The molecule has 1 N–H and O–H groups in total. The molecule has 5 heteroatoms. The lowest BCUT2D eigenvalue weighted by Gasteiger charge is -2.26. The van der Waals surface area contributed by atoms with Crippen molar-refractivity contribution in [1.82, 2.24) is 15.1 Å². The van der Waals surface area contributed by atoms with Crippen LogP contribution in [0, 0.1) is 6.92 Å². The van der Waals surface area contributed by atoms with Crippen LogP contribution in [-0.4, -0.2) is 35.6 Å². The molecule has 0 aromatic carbocycles. The highest BCUT2D eigenvalue weighted by molar-refractivity contribution is 9.10. The number of aryl methyl sites for hydroxylation is 2. The third kappa shape index (κ3) is 3.56. The normalized spacial score (nSPS) is 14.8. The summed E-state index contributed by atoms with van der Waals surface area (Å²) in [5.74, 6) is 0.